The van der Waals surface area contributed by atoms with Gasteiger partial charge in [-0.05, 0) is 37.5 Å². The lowest BCUT2D eigenvalue weighted by atomic mass is 9.95. The molecule has 1 aliphatic rings. The molecule has 0 spiro atoms. The number of likely N-dealkylation sites (tertiary alicyclic amines) is 1. The maximum atomic E-state index is 12.6. The van der Waals surface area contributed by atoms with Crippen LogP contribution in [0.15, 0.2) is 53.3 Å². The Labute approximate surface area is 168 Å². The second kappa shape index (κ2) is 8.30. The number of carbonyl (C=O) groups is 2. The molecule has 3 heterocycles. The summed E-state index contributed by atoms with van der Waals surface area (Å²) in [5.41, 5.74) is 1.83. The smallest absolute Gasteiger partial charge is 0.228 e. The van der Waals surface area contributed by atoms with E-state index in [1.54, 1.807) is 23.9 Å². The topological polar surface area (TPSA) is 93.3 Å². The minimum atomic E-state index is -0.128. The molecule has 4 rings (SSSR count). The first-order chi connectivity index (χ1) is 14.1. The van der Waals surface area contributed by atoms with Crippen molar-refractivity contribution in [3.05, 3.63) is 60.1 Å². The van der Waals surface area contributed by atoms with Gasteiger partial charge in [0.15, 0.2) is 5.82 Å². The van der Waals surface area contributed by atoms with E-state index in [1.807, 2.05) is 41.4 Å². The van der Waals surface area contributed by atoms with Crippen molar-refractivity contribution in [2.75, 3.05) is 18.4 Å². The maximum Gasteiger partial charge on any atom is 0.228 e. The molecule has 1 saturated heterocycles. The molecular weight excluding hydrogens is 370 g/mol. The van der Waals surface area contributed by atoms with Crippen LogP contribution in [0, 0.1) is 12.8 Å². The van der Waals surface area contributed by atoms with Crippen LogP contribution >= 0.6 is 0 Å². The van der Waals surface area contributed by atoms with Crippen molar-refractivity contribution < 1.29 is 14.1 Å². The SMILES string of the molecule is Cc1cc(NC(=O)C2CCN(C(=O)Cc3cnn(-c4ccccc4)c3)CC2)no1. The zero-order valence-corrected chi connectivity index (χ0v) is 16.2. The molecule has 8 nitrogen and oxygen atoms in total. The van der Waals surface area contributed by atoms with E-state index in [4.69, 9.17) is 4.52 Å². The van der Waals surface area contributed by atoms with Crippen molar-refractivity contribution in [2.45, 2.75) is 26.2 Å². The van der Waals surface area contributed by atoms with E-state index in [1.165, 1.54) is 0 Å². The number of piperidine rings is 1. The van der Waals surface area contributed by atoms with E-state index >= 15 is 0 Å². The Morgan fingerprint density at radius 3 is 2.66 bits per heavy atom. The minimum Gasteiger partial charge on any atom is -0.360 e. The molecule has 1 aromatic carbocycles. The molecule has 0 unspecified atom stereocenters. The Kier molecular flexibility index (Phi) is 5.41. The van der Waals surface area contributed by atoms with Crippen molar-refractivity contribution in [3.63, 3.8) is 0 Å². The molecule has 8 heteroatoms. The molecule has 2 aromatic heterocycles. The predicted octanol–water partition coefficient (Wildman–Crippen LogP) is 2.59. The number of carbonyl (C=O) groups excluding carboxylic acids is 2. The van der Waals surface area contributed by atoms with Gasteiger partial charge in [0.2, 0.25) is 11.8 Å². The van der Waals surface area contributed by atoms with E-state index in [-0.39, 0.29) is 17.7 Å². The lowest BCUT2D eigenvalue weighted by Crippen LogP contribution is -2.42. The summed E-state index contributed by atoms with van der Waals surface area (Å²) in [5, 5.41) is 10.9. The fourth-order valence-electron chi connectivity index (χ4n) is 3.50. The van der Waals surface area contributed by atoms with E-state index in [2.05, 4.69) is 15.6 Å². The lowest BCUT2D eigenvalue weighted by molar-refractivity contribution is -0.133. The number of hydrogen-bond acceptors (Lipinski definition) is 5. The first-order valence-corrected chi connectivity index (χ1v) is 9.69. The molecule has 0 radical (unpaired) electrons. The zero-order valence-electron chi connectivity index (χ0n) is 16.2. The standard InChI is InChI=1S/C21H23N5O3/c1-15-11-19(24-29-15)23-21(28)17-7-9-25(10-8-17)20(27)12-16-13-22-26(14-16)18-5-3-2-4-6-18/h2-6,11,13-14,17H,7-10,12H2,1H3,(H,23,24,28). The first kappa shape index (κ1) is 18.9. The van der Waals surface area contributed by atoms with Crippen LogP contribution in [0.2, 0.25) is 0 Å². The molecule has 29 heavy (non-hydrogen) atoms. The van der Waals surface area contributed by atoms with Crippen LogP contribution in [0.1, 0.15) is 24.2 Å². The number of aryl methyl sites for hydroxylation is 1. The lowest BCUT2D eigenvalue weighted by Gasteiger charge is -2.31. The van der Waals surface area contributed by atoms with Crippen molar-refractivity contribution in [1.29, 1.82) is 0 Å². The molecule has 2 amide bonds. The molecule has 0 bridgehead atoms. The summed E-state index contributed by atoms with van der Waals surface area (Å²) in [4.78, 5) is 26.8. The van der Waals surface area contributed by atoms with Gasteiger partial charge in [0.25, 0.3) is 0 Å². The normalized spacial score (nSPS) is 14.7. The summed E-state index contributed by atoms with van der Waals surface area (Å²) < 4.78 is 6.73. The van der Waals surface area contributed by atoms with Gasteiger partial charge >= 0.3 is 0 Å². The number of nitrogens with zero attached hydrogens (tertiary/aromatic N) is 4. The summed E-state index contributed by atoms with van der Waals surface area (Å²) in [6, 6.07) is 11.5. The van der Waals surface area contributed by atoms with Crippen molar-refractivity contribution in [3.8, 4) is 5.69 Å². The van der Waals surface area contributed by atoms with Gasteiger partial charge < -0.3 is 14.7 Å². The molecular formula is C21H23N5O3. The third-order valence-electron chi connectivity index (χ3n) is 5.11. The first-order valence-electron chi connectivity index (χ1n) is 9.69. The van der Waals surface area contributed by atoms with Crippen molar-refractivity contribution in [1.82, 2.24) is 19.8 Å². The number of para-hydroxylation sites is 1. The third kappa shape index (κ3) is 4.53. The van der Waals surface area contributed by atoms with Crippen LogP contribution in [0.4, 0.5) is 5.82 Å². The fraction of sp³-hybridized carbons (Fsp3) is 0.333. The van der Waals surface area contributed by atoms with Crippen LogP contribution in [-0.4, -0.2) is 44.7 Å². The number of aromatic nitrogens is 3. The predicted molar refractivity (Wildman–Crippen MR) is 106 cm³/mol. The molecule has 1 N–H and O–H groups in total. The highest BCUT2D eigenvalue weighted by molar-refractivity contribution is 5.91. The van der Waals surface area contributed by atoms with Gasteiger partial charge in [0.1, 0.15) is 5.76 Å². The molecule has 0 atom stereocenters. The molecule has 1 fully saturated rings. The Morgan fingerprint density at radius 1 is 1.21 bits per heavy atom. The monoisotopic (exact) mass is 393 g/mol. The number of anilines is 1. The van der Waals surface area contributed by atoms with Gasteiger partial charge in [-0.1, -0.05) is 23.4 Å². The van der Waals surface area contributed by atoms with Gasteiger partial charge in [-0.2, -0.15) is 5.10 Å². The highest BCUT2D eigenvalue weighted by Gasteiger charge is 2.28. The van der Waals surface area contributed by atoms with E-state index in [9.17, 15) is 9.59 Å². The van der Waals surface area contributed by atoms with Gasteiger partial charge in [0.05, 0.1) is 18.3 Å². The van der Waals surface area contributed by atoms with E-state index < -0.39 is 0 Å². The molecule has 0 aliphatic carbocycles. The van der Waals surface area contributed by atoms with Crippen LogP contribution < -0.4 is 5.32 Å². The average molecular weight is 393 g/mol. The van der Waals surface area contributed by atoms with Gasteiger partial charge in [-0.15, -0.1) is 0 Å². The third-order valence-corrected chi connectivity index (χ3v) is 5.11. The quantitative estimate of drug-likeness (QED) is 0.719. The molecule has 150 valence electrons. The van der Waals surface area contributed by atoms with Crippen LogP contribution in [-0.2, 0) is 16.0 Å². The number of hydrogen-bond donors (Lipinski definition) is 1. The van der Waals surface area contributed by atoms with Crippen molar-refractivity contribution in [2.24, 2.45) is 5.92 Å². The molecule has 3 aromatic rings. The van der Waals surface area contributed by atoms with Crippen LogP contribution in [0.3, 0.4) is 0 Å². The van der Waals surface area contributed by atoms with Crippen LogP contribution in [0.25, 0.3) is 5.69 Å². The van der Waals surface area contributed by atoms with Crippen molar-refractivity contribution >= 4 is 17.6 Å². The Balaban J connectivity index is 1.28. The highest BCUT2D eigenvalue weighted by Crippen LogP contribution is 2.20. The highest BCUT2D eigenvalue weighted by atomic mass is 16.5. The van der Waals surface area contributed by atoms with Crippen LogP contribution in [0.5, 0.6) is 0 Å². The van der Waals surface area contributed by atoms with Gasteiger partial charge in [-0.3, -0.25) is 9.59 Å². The summed E-state index contributed by atoms with van der Waals surface area (Å²) >= 11 is 0. The maximum absolute atomic E-state index is 12.6. The summed E-state index contributed by atoms with van der Waals surface area (Å²) in [6.45, 7) is 2.92. The summed E-state index contributed by atoms with van der Waals surface area (Å²) in [5.74, 6) is 0.938. The fourth-order valence-corrected chi connectivity index (χ4v) is 3.50. The summed E-state index contributed by atoms with van der Waals surface area (Å²) in [6.07, 6.45) is 5.19. The summed E-state index contributed by atoms with van der Waals surface area (Å²) in [7, 11) is 0. The Morgan fingerprint density at radius 2 is 1.97 bits per heavy atom. The van der Waals surface area contributed by atoms with E-state index in [0.29, 0.717) is 43.9 Å². The average Bonchev–Trinajstić information content (AvgIpc) is 3.37. The zero-order chi connectivity index (χ0) is 20.2. The van der Waals surface area contributed by atoms with E-state index in [0.717, 1.165) is 11.3 Å². The number of rotatable bonds is 5. The number of nitrogens with one attached hydrogen (secondary N) is 1. The Bertz CT molecular complexity index is 987. The van der Waals surface area contributed by atoms with Gasteiger partial charge in [-0.25, -0.2) is 4.68 Å². The second-order valence-electron chi connectivity index (χ2n) is 7.27. The largest absolute Gasteiger partial charge is 0.360 e. The van der Waals surface area contributed by atoms with Gasteiger partial charge in [0, 0.05) is 31.3 Å². The molecule has 0 saturated carbocycles. The second-order valence-corrected chi connectivity index (χ2v) is 7.27. The molecule has 1 aliphatic heterocycles. The number of amides is 2. The number of benzene rings is 1. The Hall–Kier alpha value is -3.42. The minimum absolute atomic E-state index is 0.0589.